The predicted molar refractivity (Wildman–Crippen MR) is 131 cm³/mol. The van der Waals surface area contributed by atoms with Gasteiger partial charge in [0.25, 0.3) is 5.69 Å². The first kappa shape index (κ1) is 25.5. The SMILES string of the molecule is CC(C)(C)OC(=O)Nc1ccc2c(cnn2C/C=C/COc2cc(C(N)=O)cc([N+](=O)[O-])c2Cl)c1. The summed E-state index contributed by atoms with van der Waals surface area (Å²) >= 11 is 6.02. The number of anilines is 1. The van der Waals surface area contributed by atoms with Crippen molar-refractivity contribution in [3.8, 4) is 5.75 Å². The molecule has 0 unspecified atom stereocenters. The number of nitrogens with one attached hydrogen (secondary N) is 1. The highest BCUT2D eigenvalue weighted by Gasteiger charge is 2.21. The zero-order valence-corrected chi connectivity index (χ0v) is 20.0. The molecule has 12 heteroatoms. The molecule has 2 amide bonds. The van der Waals surface area contributed by atoms with Crippen LogP contribution in [0.5, 0.6) is 5.75 Å². The second kappa shape index (κ2) is 10.4. The minimum absolute atomic E-state index is 0.0196. The van der Waals surface area contributed by atoms with Crippen LogP contribution in [-0.2, 0) is 11.3 Å². The van der Waals surface area contributed by atoms with E-state index >= 15 is 0 Å². The van der Waals surface area contributed by atoms with Gasteiger partial charge in [-0.05, 0) is 51.1 Å². The number of carbonyl (C=O) groups is 2. The van der Waals surface area contributed by atoms with Crippen molar-refractivity contribution < 1.29 is 24.0 Å². The van der Waals surface area contributed by atoms with Gasteiger partial charge < -0.3 is 15.2 Å². The van der Waals surface area contributed by atoms with Crippen LogP contribution >= 0.6 is 11.6 Å². The summed E-state index contributed by atoms with van der Waals surface area (Å²) in [6.45, 7) is 5.82. The lowest BCUT2D eigenvalue weighted by Gasteiger charge is -2.19. The van der Waals surface area contributed by atoms with E-state index in [4.69, 9.17) is 26.8 Å². The molecule has 0 spiro atoms. The smallest absolute Gasteiger partial charge is 0.412 e. The van der Waals surface area contributed by atoms with E-state index in [0.29, 0.717) is 12.2 Å². The predicted octanol–water partition coefficient (Wildman–Crippen LogP) is 4.68. The van der Waals surface area contributed by atoms with Gasteiger partial charge in [-0.3, -0.25) is 24.9 Å². The first-order valence-electron chi connectivity index (χ1n) is 10.5. The third-order valence-corrected chi connectivity index (χ3v) is 4.95. The lowest BCUT2D eigenvalue weighted by Crippen LogP contribution is -2.27. The Morgan fingerprint density at radius 2 is 2.00 bits per heavy atom. The van der Waals surface area contributed by atoms with E-state index in [0.717, 1.165) is 17.0 Å². The molecule has 0 bridgehead atoms. The van der Waals surface area contributed by atoms with Crippen molar-refractivity contribution in [3.63, 3.8) is 0 Å². The number of allylic oxidation sites excluding steroid dienone is 1. The number of ether oxygens (including phenoxy) is 2. The number of nitro benzene ring substituents is 1. The van der Waals surface area contributed by atoms with Gasteiger partial charge in [-0.15, -0.1) is 0 Å². The molecule has 0 aliphatic heterocycles. The van der Waals surface area contributed by atoms with E-state index < -0.39 is 28.2 Å². The molecule has 0 aliphatic carbocycles. The molecule has 3 rings (SSSR count). The third-order valence-electron chi connectivity index (χ3n) is 4.57. The summed E-state index contributed by atoms with van der Waals surface area (Å²) in [4.78, 5) is 33.8. The number of fused-ring (bicyclic) bond motifs is 1. The van der Waals surface area contributed by atoms with Crippen LogP contribution in [-0.4, -0.2) is 38.9 Å². The fraction of sp³-hybridized carbons (Fsp3) is 0.261. The number of hydrogen-bond acceptors (Lipinski definition) is 7. The van der Waals surface area contributed by atoms with Gasteiger partial charge in [0.1, 0.15) is 18.0 Å². The van der Waals surface area contributed by atoms with Crippen LogP contribution in [0, 0.1) is 10.1 Å². The Kier molecular flexibility index (Phi) is 7.60. The van der Waals surface area contributed by atoms with E-state index in [1.54, 1.807) is 55.9 Å². The summed E-state index contributed by atoms with van der Waals surface area (Å²) in [6, 6.07) is 7.63. The second-order valence-electron chi connectivity index (χ2n) is 8.44. The molecule has 1 aromatic heterocycles. The number of amides is 2. The fourth-order valence-electron chi connectivity index (χ4n) is 3.08. The Balaban J connectivity index is 1.63. The number of hydrogen-bond donors (Lipinski definition) is 2. The van der Waals surface area contributed by atoms with Crippen molar-refractivity contribution in [2.45, 2.75) is 32.9 Å². The number of carbonyl (C=O) groups excluding carboxylic acids is 2. The number of nitrogens with two attached hydrogens (primary N) is 1. The first-order valence-corrected chi connectivity index (χ1v) is 10.8. The minimum Gasteiger partial charge on any atom is -0.488 e. The summed E-state index contributed by atoms with van der Waals surface area (Å²) in [7, 11) is 0. The van der Waals surface area contributed by atoms with Gasteiger partial charge in [-0.1, -0.05) is 17.7 Å². The second-order valence-corrected chi connectivity index (χ2v) is 8.82. The molecule has 11 nitrogen and oxygen atoms in total. The maximum Gasteiger partial charge on any atom is 0.412 e. The lowest BCUT2D eigenvalue weighted by molar-refractivity contribution is -0.384. The van der Waals surface area contributed by atoms with Crippen molar-refractivity contribution in [1.29, 1.82) is 0 Å². The van der Waals surface area contributed by atoms with Gasteiger partial charge in [0.2, 0.25) is 5.91 Å². The van der Waals surface area contributed by atoms with Crippen LogP contribution < -0.4 is 15.8 Å². The number of nitrogens with zero attached hydrogens (tertiary/aromatic N) is 3. The van der Waals surface area contributed by atoms with Crippen molar-refractivity contribution in [2.75, 3.05) is 11.9 Å². The molecule has 3 aromatic rings. The molecule has 35 heavy (non-hydrogen) atoms. The lowest BCUT2D eigenvalue weighted by atomic mass is 10.2. The van der Waals surface area contributed by atoms with Crippen LogP contribution in [0.15, 0.2) is 48.7 Å². The number of rotatable bonds is 8. The van der Waals surface area contributed by atoms with E-state index in [1.165, 1.54) is 6.07 Å². The van der Waals surface area contributed by atoms with Gasteiger partial charge in [0.15, 0.2) is 5.02 Å². The van der Waals surface area contributed by atoms with E-state index in [-0.39, 0.29) is 22.9 Å². The molecule has 0 fully saturated rings. The van der Waals surface area contributed by atoms with E-state index in [1.807, 2.05) is 6.07 Å². The van der Waals surface area contributed by atoms with Crippen LogP contribution in [0.3, 0.4) is 0 Å². The zero-order chi connectivity index (χ0) is 25.8. The molecule has 0 atom stereocenters. The largest absolute Gasteiger partial charge is 0.488 e. The van der Waals surface area contributed by atoms with E-state index in [9.17, 15) is 19.7 Å². The maximum atomic E-state index is 12.0. The number of benzene rings is 2. The normalized spacial score (nSPS) is 11.5. The number of nitro groups is 1. The Labute approximate surface area is 205 Å². The summed E-state index contributed by atoms with van der Waals surface area (Å²) in [5.41, 5.74) is 5.51. The molecule has 0 radical (unpaired) electrons. The summed E-state index contributed by atoms with van der Waals surface area (Å²) in [5.74, 6) is -0.853. The summed E-state index contributed by atoms with van der Waals surface area (Å²) < 4.78 is 12.5. The number of primary amides is 1. The van der Waals surface area contributed by atoms with Crippen LogP contribution in [0.2, 0.25) is 5.02 Å². The van der Waals surface area contributed by atoms with Gasteiger partial charge >= 0.3 is 6.09 Å². The molecule has 3 N–H and O–H groups in total. The Morgan fingerprint density at radius 1 is 1.26 bits per heavy atom. The summed E-state index contributed by atoms with van der Waals surface area (Å²) in [5, 5.41) is 18.8. The monoisotopic (exact) mass is 501 g/mol. The molecular weight excluding hydrogens is 478 g/mol. The van der Waals surface area contributed by atoms with Crippen molar-refractivity contribution in [1.82, 2.24) is 9.78 Å². The zero-order valence-electron chi connectivity index (χ0n) is 19.3. The van der Waals surface area contributed by atoms with Crippen LogP contribution in [0.25, 0.3) is 10.9 Å². The van der Waals surface area contributed by atoms with Gasteiger partial charge in [-0.2, -0.15) is 5.10 Å². The topological polar surface area (TPSA) is 152 Å². The van der Waals surface area contributed by atoms with Crippen molar-refractivity contribution in [3.05, 3.63) is 69.4 Å². The molecule has 0 saturated heterocycles. The Bertz CT molecular complexity index is 1310. The summed E-state index contributed by atoms with van der Waals surface area (Å²) in [6.07, 6.45) is 4.61. The molecule has 2 aromatic carbocycles. The standard InChI is InChI=1S/C23H24ClN5O6/c1-23(2,3)35-22(31)27-16-6-7-17-15(10-16)13-26-28(17)8-4-5-9-34-19-12-14(21(25)30)11-18(20(19)24)29(32)33/h4-7,10-13H,8-9H2,1-3H3,(H2,25,30)(H,27,31)/b5-4+. The first-order chi connectivity index (χ1) is 16.4. The van der Waals surface area contributed by atoms with Crippen LogP contribution in [0.1, 0.15) is 31.1 Å². The number of halogens is 1. The molecule has 0 saturated carbocycles. The van der Waals surface area contributed by atoms with Crippen LogP contribution in [0.4, 0.5) is 16.2 Å². The van der Waals surface area contributed by atoms with Crippen molar-refractivity contribution in [2.24, 2.45) is 5.73 Å². The molecule has 184 valence electrons. The average molecular weight is 502 g/mol. The number of aromatic nitrogens is 2. The van der Waals surface area contributed by atoms with Crippen molar-refractivity contribution >= 4 is 45.9 Å². The highest BCUT2D eigenvalue weighted by Crippen LogP contribution is 2.35. The van der Waals surface area contributed by atoms with Gasteiger partial charge in [-0.25, -0.2) is 4.79 Å². The third kappa shape index (κ3) is 6.70. The molecular formula is C23H24ClN5O6. The van der Waals surface area contributed by atoms with E-state index in [2.05, 4.69) is 10.4 Å². The minimum atomic E-state index is -0.833. The molecule has 0 aliphatic rings. The Hall–Kier alpha value is -4.12. The Morgan fingerprint density at radius 3 is 2.66 bits per heavy atom. The fourth-order valence-corrected chi connectivity index (χ4v) is 3.31. The quantitative estimate of drug-likeness (QED) is 0.258. The average Bonchev–Trinajstić information content (AvgIpc) is 3.14. The highest BCUT2D eigenvalue weighted by molar-refractivity contribution is 6.34. The molecule has 1 heterocycles. The maximum absolute atomic E-state index is 12.0. The van der Waals surface area contributed by atoms with Gasteiger partial charge in [0.05, 0.1) is 23.2 Å². The van der Waals surface area contributed by atoms with Gasteiger partial charge in [0, 0.05) is 22.7 Å². The highest BCUT2D eigenvalue weighted by atomic mass is 35.5.